The maximum Gasteiger partial charge on any atom is 0.0290 e. The summed E-state index contributed by atoms with van der Waals surface area (Å²) in [7, 11) is 0. The van der Waals surface area contributed by atoms with Crippen LogP contribution in [0.5, 0.6) is 0 Å². The molecule has 0 fully saturated rings. The van der Waals surface area contributed by atoms with Crippen molar-refractivity contribution in [2.45, 2.75) is 39.7 Å². The molecule has 3 N–H and O–H groups in total. The number of hydrogen-bond donors (Lipinski definition) is 2. The predicted octanol–water partition coefficient (Wildman–Crippen LogP) is 1.27. The highest BCUT2D eigenvalue weighted by Gasteiger charge is 2.21. The van der Waals surface area contributed by atoms with Crippen LogP contribution in [0.3, 0.4) is 0 Å². The fraction of sp³-hybridized carbons (Fsp3) is 1.00. The van der Waals surface area contributed by atoms with E-state index in [-0.39, 0.29) is 5.54 Å². The number of hydrazine groups is 1. The minimum absolute atomic E-state index is 0.0781. The molecule has 1 unspecified atom stereocenters. The van der Waals surface area contributed by atoms with Crippen LogP contribution in [-0.2, 0) is 0 Å². The molecule has 0 saturated heterocycles. The van der Waals surface area contributed by atoms with Crippen molar-refractivity contribution in [1.82, 2.24) is 5.43 Å². The van der Waals surface area contributed by atoms with E-state index in [0.29, 0.717) is 5.92 Å². The van der Waals surface area contributed by atoms with Gasteiger partial charge in [0, 0.05) is 5.54 Å². The molecular formula is C7H18N2. The third-order valence-electron chi connectivity index (χ3n) is 2.22. The summed E-state index contributed by atoms with van der Waals surface area (Å²) in [4.78, 5) is 0. The molecule has 0 saturated carbocycles. The van der Waals surface area contributed by atoms with E-state index in [4.69, 9.17) is 5.84 Å². The van der Waals surface area contributed by atoms with Crippen LogP contribution < -0.4 is 11.3 Å². The van der Waals surface area contributed by atoms with E-state index in [1.807, 2.05) is 0 Å². The molecule has 0 aliphatic rings. The van der Waals surface area contributed by atoms with E-state index >= 15 is 0 Å². The van der Waals surface area contributed by atoms with Gasteiger partial charge < -0.3 is 0 Å². The second kappa shape index (κ2) is 3.18. The molecule has 0 aromatic carbocycles. The van der Waals surface area contributed by atoms with Gasteiger partial charge in [0.1, 0.15) is 0 Å². The summed E-state index contributed by atoms with van der Waals surface area (Å²) < 4.78 is 0. The third kappa shape index (κ3) is 2.33. The Bertz CT molecular complexity index is 79.0. The number of nitrogens with two attached hydrogens (primary N) is 1. The van der Waals surface area contributed by atoms with Crippen LogP contribution in [0.15, 0.2) is 0 Å². The van der Waals surface area contributed by atoms with Gasteiger partial charge in [-0.3, -0.25) is 11.3 Å². The first kappa shape index (κ1) is 8.92. The molecule has 0 bridgehead atoms. The van der Waals surface area contributed by atoms with Gasteiger partial charge in [-0.2, -0.15) is 0 Å². The molecule has 9 heavy (non-hydrogen) atoms. The highest BCUT2D eigenvalue weighted by molar-refractivity contribution is 4.79. The quantitative estimate of drug-likeness (QED) is 0.446. The molecule has 0 heterocycles. The molecule has 0 aromatic heterocycles. The Morgan fingerprint density at radius 3 is 2.11 bits per heavy atom. The van der Waals surface area contributed by atoms with Crippen molar-refractivity contribution in [3.8, 4) is 0 Å². The van der Waals surface area contributed by atoms with Gasteiger partial charge in [0.2, 0.25) is 0 Å². The maximum atomic E-state index is 5.33. The molecule has 0 spiro atoms. The van der Waals surface area contributed by atoms with Gasteiger partial charge in [-0.15, -0.1) is 0 Å². The largest absolute Gasteiger partial charge is 0.271 e. The summed E-state index contributed by atoms with van der Waals surface area (Å²) in [6.45, 7) is 8.59. The summed E-state index contributed by atoms with van der Waals surface area (Å²) in [5.74, 6) is 5.96. The van der Waals surface area contributed by atoms with Crippen molar-refractivity contribution in [3.05, 3.63) is 0 Å². The molecule has 2 nitrogen and oxygen atoms in total. The average Bonchev–Trinajstić information content (AvgIpc) is 1.86. The summed E-state index contributed by atoms with van der Waals surface area (Å²) in [6.07, 6.45) is 1.16. The molecule has 0 radical (unpaired) electrons. The zero-order valence-electron chi connectivity index (χ0n) is 6.86. The molecule has 0 aliphatic carbocycles. The maximum absolute atomic E-state index is 5.33. The Morgan fingerprint density at radius 2 is 2.00 bits per heavy atom. The van der Waals surface area contributed by atoms with Crippen LogP contribution in [0.4, 0.5) is 0 Å². The lowest BCUT2D eigenvalue weighted by atomic mass is 9.88. The van der Waals surface area contributed by atoms with Crippen molar-refractivity contribution in [1.29, 1.82) is 0 Å². The van der Waals surface area contributed by atoms with Gasteiger partial charge in [-0.25, -0.2) is 0 Å². The number of hydrogen-bond acceptors (Lipinski definition) is 2. The molecule has 0 aromatic rings. The minimum atomic E-state index is 0.0781. The number of rotatable bonds is 3. The molecule has 1 atom stereocenters. The third-order valence-corrected chi connectivity index (χ3v) is 2.22. The SMILES string of the molecule is CCC(C)C(C)(C)NN. The van der Waals surface area contributed by atoms with Gasteiger partial charge >= 0.3 is 0 Å². The van der Waals surface area contributed by atoms with Crippen molar-refractivity contribution in [2.75, 3.05) is 0 Å². The molecule has 0 amide bonds. The summed E-state index contributed by atoms with van der Waals surface area (Å²) >= 11 is 0. The Labute approximate surface area is 57.8 Å². The zero-order valence-corrected chi connectivity index (χ0v) is 6.86. The van der Waals surface area contributed by atoms with Crippen LogP contribution in [0.1, 0.15) is 34.1 Å². The number of nitrogens with one attached hydrogen (secondary N) is 1. The lowest BCUT2D eigenvalue weighted by molar-refractivity contribution is 0.267. The first-order chi connectivity index (χ1) is 4.04. The molecule has 0 aliphatic heterocycles. The Hall–Kier alpha value is -0.0800. The van der Waals surface area contributed by atoms with Crippen molar-refractivity contribution in [3.63, 3.8) is 0 Å². The second-order valence-electron chi connectivity index (χ2n) is 3.18. The van der Waals surface area contributed by atoms with E-state index in [1.165, 1.54) is 0 Å². The van der Waals surface area contributed by atoms with Gasteiger partial charge in [-0.05, 0) is 19.8 Å². The van der Waals surface area contributed by atoms with Crippen LogP contribution in [-0.4, -0.2) is 5.54 Å². The Kier molecular flexibility index (Phi) is 3.15. The normalized spacial score (nSPS) is 15.7. The van der Waals surface area contributed by atoms with E-state index in [2.05, 4.69) is 33.1 Å². The molecule has 2 heteroatoms. The topological polar surface area (TPSA) is 38.0 Å². The van der Waals surface area contributed by atoms with Gasteiger partial charge in [0.05, 0.1) is 0 Å². The van der Waals surface area contributed by atoms with Gasteiger partial charge in [0.25, 0.3) is 0 Å². The van der Waals surface area contributed by atoms with Gasteiger partial charge in [0.15, 0.2) is 0 Å². The lowest BCUT2D eigenvalue weighted by Crippen LogP contribution is -2.48. The molecular weight excluding hydrogens is 112 g/mol. The highest BCUT2D eigenvalue weighted by atomic mass is 15.3. The van der Waals surface area contributed by atoms with E-state index in [0.717, 1.165) is 6.42 Å². The van der Waals surface area contributed by atoms with Crippen LogP contribution in [0.25, 0.3) is 0 Å². The predicted molar refractivity (Wildman–Crippen MR) is 40.9 cm³/mol. The van der Waals surface area contributed by atoms with Crippen LogP contribution in [0, 0.1) is 5.92 Å². The van der Waals surface area contributed by atoms with Crippen molar-refractivity contribution < 1.29 is 0 Å². The summed E-state index contributed by atoms with van der Waals surface area (Å²) in [5.41, 5.74) is 2.87. The standard InChI is InChI=1S/C7H18N2/c1-5-6(2)7(3,4)9-8/h6,9H,5,8H2,1-4H3. The Morgan fingerprint density at radius 1 is 1.56 bits per heavy atom. The van der Waals surface area contributed by atoms with Gasteiger partial charge in [-0.1, -0.05) is 20.3 Å². The molecule has 0 rings (SSSR count). The average molecular weight is 130 g/mol. The van der Waals surface area contributed by atoms with Crippen molar-refractivity contribution >= 4 is 0 Å². The summed E-state index contributed by atoms with van der Waals surface area (Å²) in [6, 6.07) is 0. The van der Waals surface area contributed by atoms with E-state index < -0.39 is 0 Å². The van der Waals surface area contributed by atoms with E-state index in [1.54, 1.807) is 0 Å². The van der Waals surface area contributed by atoms with Crippen molar-refractivity contribution in [2.24, 2.45) is 11.8 Å². The zero-order chi connectivity index (χ0) is 7.49. The van der Waals surface area contributed by atoms with Crippen LogP contribution in [0.2, 0.25) is 0 Å². The first-order valence-corrected chi connectivity index (χ1v) is 3.52. The fourth-order valence-corrected chi connectivity index (χ4v) is 0.653. The highest BCUT2D eigenvalue weighted by Crippen LogP contribution is 2.17. The summed E-state index contributed by atoms with van der Waals surface area (Å²) in [5, 5.41) is 0. The van der Waals surface area contributed by atoms with Crippen LogP contribution >= 0.6 is 0 Å². The minimum Gasteiger partial charge on any atom is -0.271 e. The first-order valence-electron chi connectivity index (χ1n) is 3.52. The Balaban J connectivity index is 3.80. The fourth-order valence-electron chi connectivity index (χ4n) is 0.653. The lowest BCUT2D eigenvalue weighted by Gasteiger charge is -2.29. The second-order valence-corrected chi connectivity index (χ2v) is 3.18. The monoisotopic (exact) mass is 130 g/mol. The molecule has 56 valence electrons. The van der Waals surface area contributed by atoms with E-state index in [9.17, 15) is 0 Å². The smallest absolute Gasteiger partial charge is 0.0290 e.